The second-order valence-electron chi connectivity index (χ2n) is 2.23. The topological polar surface area (TPSA) is 27.1 Å². The lowest BCUT2D eigenvalue weighted by molar-refractivity contribution is 0.719. The molecule has 1 heterocycles. The molecule has 1 aliphatic heterocycles. The molecule has 1 rings (SSSR count). The van der Waals surface area contributed by atoms with Gasteiger partial charge in [-0.1, -0.05) is 12.7 Å². The summed E-state index contributed by atoms with van der Waals surface area (Å²) in [6.07, 6.45) is 6.98. The van der Waals surface area contributed by atoms with Crippen molar-refractivity contribution in [2.75, 3.05) is 0 Å². The first-order valence-corrected chi connectivity index (χ1v) is 3.08. The summed E-state index contributed by atoms with van der Waals surface area (Å²) < 4.78 is 0. The van der Waals surface area contributed by atoms with E-state index in [1.807, 2.05) is 25.3 Å². The molecule has 0 bridgehead atoms. The van der Waals surface area contributed by atoms with E-state index >= 15 is 0 Å². The molecule has 0 aliphatic carbocycles. The molecule has 1 N–H and O–H groups in total. The lowest BCUT2D eigenvalue weighted by Crippen LogP contribution is -2.14. The molecule has 2 heteroatoms. The van der Waals surface area contributed by atoms with Gasteiger partial charge in [0.15, 0.2) is 0 Å². The number of hydrogen-bond donors (Lipinski definition) is 1. The molecule has 0 saturated heterocycles. The van der Waals surface area contributed by atoms with E-state index < -0.39 is 0 Å². The standard InChI is InChI=1S/C8H10N2/c1-7-3-4-8(2)10(5-7)6-9/h3-6,9H,2H2,1H3. The third kappa shape index (κ3) is 1.16. The van der Waals surface area contributed by atoms with Crippen LogP contribution in [0.25, 0.3) is 0 Å². The maximum absolute atomic E-state index is 6.98. The van der Waals surface area contributed by atoms with Crippen LogP contribution in [0.15, 0.2) is 36.2 Å². The van der Waals surface area contributed by atoms with Crippen molar-refractivity contribution in [2.24, 2.45) is 0 Å². The van der Waals surface area contributed by atoms with E-state index in [0.29, 0.717) is 0 Å². The average molecular weight is 134 g/mol. The van der Waals surface area contributed by atoms with Crippen molar-refractivity contribution in [1.29, 1.82) is 5.41 Å². The Hall–Kier alpha value is -1.31. The van der Waals surface area contributed by atoms with E-state index in [1.165, 1.54) is 6.34 Å². The second-order valence-corrected chi connectivity index (χ2v) is 2.23. The number of nitrogens with zero attached hydrogens (tertiary/aromatic N) is 1. The number of rotatable bonds is 1. The second kappa shape index (κ2) is 2.52. The van der Waals surface area contributed by atoms with Crippen LogP contribution in [0.2, 0.25) is 0 Å². The molecule has 0 aromatic carbocycles. The van der Waals surface area contributed by atoms with Crippen LogP contribution in [0.4, 0.5) is 0 Å². The van der Waals surface area contributed by atoms with Gasteiger partial charge in [-0.2, -0.15) is 0 Å². The molecule has 0 aromatic rings. The Morgan fingerprint density at radius 2 is 2.30 bits per heavy atom. The predicted octanol–water partition coefficient (Wildman–Crippen LogP) is 1.88. The summed E-state index contributed by atoms with van der Waals surface area (Å²) in [7, 11) is 0. The third-order valence-electron chi connectivity index (χ3n) is 1.35. The molecule has 0 unspecified atom stereocenters. The van der Waals surface area contributed by atoms with Crippen LogP contribution in [-0.2, 0) is 0 Å². The molecule has 10 heavy (non-hydrogen) atoms. The molecule has 0 spiro atoms. The van der Waals surface area contributed by atoms with Crippen molar-refractivity contribution in [3.05, 3.63) is 36.2 Å². The smallest absolute Gasteiger partial charge is 0.0902 e. The molecule has 0 atom stereocenters. The summed E-state index contributed by atoms with van der Waals surface area (Å²) in [6, 6.07) is 0. The van der Waals surface area contributed by atoms with Crippen molar-refractivity contribution in [1.82, 2.24) is 4.90 Å². The van der Waals surface area contributed by atoms with Gasteiger partial charge in [-0.3, -0.25) is 5.41 Å². The Morgan fingerprint density at radius 1 is 1.60 bits per heavy atom. The van der Waals surface area contributed by atoms with Gasteiger partial charge in [-0.05, 0) is 18.6 Å². The van der Waals surface area contributed by atoms with Gasteiger partial charge in [0.05, 0.1) is 6.34 Å². The Labute approximate surface area is 60.7 Å². The van der Waals surface area contributed by atoms with Crippen molar-refractivity contribution in [2.45, 2.75) is 6.92 Å². The molecule has 1 aliphatic rings. The molecule has 0 fully saturated rings. The Balaban J connectivity index is 2.86. The zero-order chi connectivity index (χ0) is 7.56. The van der Waals surface area contributed by atoms with Gasteiger partial charge < -0.3 is 4.90 Å². The number of hydrogen-bond acceptors (Lipinski definition) is 1. The summed E-state index contributed by atoms with van der Waals surface area (Å²) in [5, 5.41) is 6.98. The van der Waals surface area contributed by atoms with E-state index in [1.54, 1.807) is 4.90 Å². The fourth-order valence-corrected chi connectivity index (χ4v) is 0.779. The number of allylic oxidation sites excluding steroid dienone is 3. The summed E-state index contributed by atoms with van der Waals surface area (Å²) in [5.74, 6) is 0. The third-order valence-corrected chi connectivity index (χ3v) is 1.35. The van der Waals surface area contributed by atoms with Crippen molar-refractivity contribution in [3.63, 3.8) is 0 Å². The fraction of sp³-hybridized carbons (Fsp3) is 0.125. The fourth-order valence-electron chi connectivity index (χ4n) is 0.779. The molecule has 0 radical (unpaired) electrons. The van der Waals surface area contributed by atoms with Crippen LogP contribution < -0.4 is 0 Å². The highest BCUT2D eigenvalue weighted by Crippen LogP contribution is 2.11. The molecule has 2 nitrogen and oxygen atoms in total. The molecule has 0 saturated carbocycles. The summed E-state index contributed by atoms with van der Waals surface area (Å²) in [5.41, 5.74) is 1.97. The van der Waals surface area contributed by atoms with E-state index in [2.05, 4.69) is 6.58 Å². The van der Waals surface area contributed by atoms with Crippen LogP contribution in [0.3, 0.4) is 0 Å². The van der Waals surface area contributed by atoms with Gasteiger partial charge >= 0.3 is 0 Å². The summed E-state index contributed by atoms with van der Waals surface area (Å²) in [4.78, 5) is 1.68. The average Bonchev–Trinajstić information content (AvgIpc) is 1.94. The van der Waals surface area contributed by atoms with Crippen molar-refractivity contribution < 1.29 is 0 Å². The predicted molar refractivity (Wildman–Crippen MR) is 42.7 cm³/mol. The first-order chi connectivity index (χ1) is 4.74. The van der Waals surface area contributed by atoms with E-state index in [0.717, 1.165) is 11.3 Å². The minimum atomic E-state index is 0.834. The minimum Gasteiger partial charge on any atom is -0.309 e. The molecule has 0 aromatic heterocycles. The zero-order valence-corrected chi connectivity index (χ0v) is 5.96. The van der Waals surface area contributed by atoms with Gasteiger partial charge in [0, 0.05) is 11.9 Å². The van der Waals surface area contributed by atoms with E-state index in [4.69, 9.17) is 5.41 Å². The normalized spacial score (nSPS) is 17.1. The molecule has 52 valence electrons. The SMILES string of the molecule is C=C1C=CC(C)=CN1C=N. The maximum Gasteiger partial charge on any atom is 0.0902 e. The highest BCUT2D eigenvalue weighted by molar-refractivity contribution is 5.59. The summed E-state index contributed by atoms with van der Waals surface area (Å²) in [6.45, 7) is 5.73. The van der Waals surface area contributed by atoms with Crippen molar-refractivity contribution in [3.8, 4) is 0 Å². The Morgan fingerprint density at radius 3 is 2.80 bits per heavy atom. The highest BCUT2D eigenvalue weighted by atomic mass is 15.1. The van der Waals surface area contributed by atoms with E-state index in [9.17, 15) is 0 Å². The zero-order valence-electron chi connectivity index (χ0n) is 5.96. The first kappa shape index (κ1) is 6.81. The summed E-state index contributed by atoms with van der Waals surface area (Å²) >= 11 is 0. The van der Waals surface area contributed by atoms with Crippen LogP contribution in [-0.4, -0.2) is 11.2 Å². The van der Waals surface area contributed by atoms with Crippen LogP contribution in [0.1, 0.15) is 6.92 Å². The Kier molecular flexibility index (Phi) is 1.71. The maximum atomic E-state index is 6.98. The van der Waals surface area contributed by atoms with Gasteiger partial charge in [0.25, 0.3) is 0 Å². The van der Waals surface area contributed by atoms with Gasteiger partial charge in [-0.25, -0.2) is 0 Å². The molecular formula is C8H10N2. The first-order valence-electron chi connectivity index (χ1n) is 3.08. The molecule has 0 amide bonds. The Bertz CT molecular complexity index is 223. The molecular weight excluding hydrogens is 124 g/mol. The van der Waals surface area contributed by atoms with Gasteiger partial charge in [-0.15, -0.1) is 0 Å². The highest BCUT2D eigenvalue weighted by Gasteiger charge is 2.01. The quantitative estimate of drug-likeness (QED) is 0.430. The lowest BCUT2D eigenvalue weighted by atomic mass is 10.2. The van der Waals surface area contributed by atoms with Gasteiger partial charge in [0.1, 0.15) is 0 Å². The van der Waals surface area contributed by atoms with Crippen LogP contribution in [0, 0.1) is 5.41 Å². The van der Waals surface area contributed by atoms with Crippen molar-refractivity contribution >= 4 is 6.34 Å². The monoisotopic (exact) mass is 134 g/mol. The lowest BCUT2D eigenvalue weighted by Gasteiger charge is -2.17. The van der Waals surface area contributed by atoms with Crippen LogP contribution >= 0.6 is 0 Å². The van der Waals surface area contributed by atoms with Crippen LogP contribution in [0.5, 0.6) is 0 Å². The minimum absolute atomic E-state index is 0.834. The van der Waals surface area contributed by atoms with E-state index in [-0.39, 0.29) is 0 Å². The van der Waals surface area contributed by atoms with Gasteiger partial charge in [0.2, 0.25) is 0 Å². The number of nitrogens with one attached hydrogen (secondary N) is 1. The largest absolute Gasteiger partial charge is 0.309 e.